The maximum absolute atomic E-state index is 11.5. The molecule has 1 heterocycles. The van der Waals surface area contributed by atoms with E-state index in [4.69, 9.17) is 17.3 Å². The molecule has 0 aliphatic heterocycles. The molecule has 0 aliphatic carbocycles. The van der Waals surface area contributed by atoms with Crippen LogP contribution < -0.4 is 11.1 Å². The van der Waals surface area contributed by atoms with Crippen LogP contribution in [0.1, 0.15) is 6.92 Å². The Labute approximate surface area is 103 Å². The summed E-state index contributed by atoms with van der Waals surface area (Å²) in [6.07, 6.45) is 1.42. The van der Waals surface area contributed by atoms with Crippen LogP contribution in [-0.2, 0) is 14.3 Å². The molecule has 0 spiro atoms. The van der Waals surface area contributed by atoms with Crippen LogP contribution in [0.3, 0.4) is 0 Å². The summed E-state index contributed by atoms with van der Waals surface area (Å²) in [6.45, 7) is 1.80. The maximum Gasteiger partial charge on any atom is 0.332 e. The standard InChI is InChI=1S/C10H12ClN3O3/c1-2-17-10(16)8(12)9(15)14-6-3-4-13-7(11)5-6/h3-5,8H,2,12H2,1H3,(H,13,14,15). The van der Waals surface area contributed by atoms with E-state index in [0.717, 1.165) is 0 Å². The highest BCUT2D eigenvalue weighted by Gasteiger charge is 2.23. The van der Waals surface area contributed by atoms with Gasteiger partial charge in [-0.1, -0.05) is 11.6 Å². The number of halogens is 1. The molecule has 17 heavy (non-hydrogen) atoms. The summed E-state index contributed by atoms with van der Waals surface area (Å²) < 4.78 is 4.62. The fourth-order valence-corrected chi connectivity index (χ4v) is 1.21. The fraction of sp³-hybridized carbons (Fsp3) is 0.300. The number of esters is 1. The number of hydrogen-bond acceptors (Lipinski definition) is 5. The number of nitrogens with two attached hydrogens (primary N) is 1. The smallest absolute Gasteiger partial charge is 0.332 e. The van der Waals surface area contributed by atoms with E-state index >= 15 is 0 Å². The number of carbonyl (C=O) groups is 2. The highest BCUT2D eigenvalue weighted by molar-refractivity contribution is 6.29. The van der Waals surface area contributed by atoms with Crippen LogP contribution >= 0.6 is 11.6 Å². The largest absolute Gasteiger partial charge is 0.464 e. The predicted octanol–water partition coefficient (Wildman–Crippen LogP) is 0.564. The maximum atomic E-state index is 11.5. The Kier molecular flexibility index (Phi) is 4.86. The summed E-state index contributed by atoms with van der Waals surface area (Å²) in [5.74, 6) is -1.43. The summed E-state index contributed by atoms with van der Waals surface area (Å²) in [5, 5.41) is 2.66. The SMILES string of the molecule is CCOC(=O)C(N)C(=O)Nc1ccnc(Cl)c1. The van der Waals surface area contributed by atoms with Crippen LogP contribution in [0.5, 0.6) is 0 Å². The number of aromatic nitrogens is 1. The molecule has 0 aliphatic rings. The van der Waals surface area contributed by atoms with Gasteiger partial charge in [-0.05, 0) is 19.1 Å². The Morgan fingerprint density at radius 1 is 1.65 bits per heavy atom. The van der Waals surface area contributed by atoms with Crippen LogP contribution in [0.2, 0.25) is 5.15 Å². The van der Waals surface area contributed by atoms with E-state index in [2.05, 4.69) is 15.0 Å². The van der Waals surface area contributed by atoms with E-state index in [1.165, 1.54) is 18.3 Å². The van der Waals surface area contributed by atoms with Crippen molar-refractivity contribution in [3.05, 3.63) is 23.5 Å². The van der Waals surface area contributed by atoms with Gasteiger partial charge in [0.25, 0.3) is 5.91 Å². The Hall–Kier alpha value is -1.66. The Morgan fingerprint density at radius 2 is 2.35 bits per heavy atom. The third kappa shape index (κ3) is 4.01. The van der Waals surface area contributed by atoms with Crippen LogP contribution in [0.4, 0.5) is 5.69 Å². The van der Waals surface area contributed by atoms with Gasteiger partial charge in [-0.3, -0.25) is 4.79 Å². The van der Waals surface area contributed by atoms with Gasteiger partial charge in [0, 0.05) is 11.9 Å². The van der Waals surface area contributed by atoms with Gasteiger partial charge < -0.3 is 15.8 Å². The van der Waals surface area contributed by atoms with E-state index in [-0.39, 0.29) is 11.8 Å². The van der Waals surface area contributed by atoms with Gasteiger partial charge in [0.1, 0.15) is 5.15 Å². The van der Waals surface area contributed by atoms with Gasteiger partial charge in [-0.15, -0.1) is 0 Å². The lowest BCUT2D eigenvalue weighted by molar-refractivity contribution is -0.146. The number of rotatable bonds is 4. The van der Waals surface area contributed by atoms with E-state index in [9.17, 15) is 9.59 Å². The van der Waals surface area contributed by atoms with Crippen LogP contribution in [0.25, 0.3) is 0 Å². The second-order valence-corrected chi connectivity index (χ2v) is 3.47. The van der Waals surface area contributed by atoms with Gasteiger partial charge in [-0.25, -0.2) is 9.78 Å². The van der Waals surface area contributed by atoms with E-state index < -0.39 is 17.9 Å². The van der Waals surface area contributed by atoms with Crippen molar-refractivity contribution in [2.75, 3.05) is 11.9 Å². The van der Waals surface area contributed by atoms with Gasteiger partial charge in [0.05, 0.1) is 6.61 Å². The first kappa shape index (κ1) is 13.4. The first-order valence-electron chi connectivity index (χ1n) is 4.89. The number of nitrogens with zero attached hydrogens (tertiary/aromatic N) is 1. The summed E-state index contributed by atoms with van der Waals surface area (Å²) in [6, 6.07) is 1.61. The molecule has 1 atom stereocenters. The number of carbonyl (C=O) groups excluding carboxylic acids is 2. The molecular weight excluding hydrogens is 246 g/mol. The average Bonchev–Trinajstić information content (AvgIpc) is 2.28. The lowest BCUT2D eigenvalue weighted by atomic mass is 10.3. The first-order chi connectivity index (χ1) is 8.04. The molecule has 0 fully saturated rings. The number of anilines is 1. The molecule has 1 aromatic heterocycles. The second kappa shape index (κ2) is 6.17. The van der Waals surface area contributed by atoms with Gasteiger partial charge in [0.15, 0.2) is 6.04 Å². The van der Waals surface area contributed by atoms with Gasteiger partial charge in [0.2, 0.25) is 0 Å². The number of hydrogen-bond donors (Lipinski definition) is 2. The average molecular weight is 258 g/mol. The highest BCUT2D eigenvalue weighted by atomic mass is 35.5. The molecule has 0 saturated heterocycles. The van der Waals surface area contributed by atoms with Crippen LogP contribution in [-0.4, -0.2) is 29.5 Å². The molecule has 1 amide bonds. The topological polar surface area (TPSA) is 94.3 Å². The molecule has 1 unspecified atom stereocenters. The van der Waals surface area contributed by atoms with Crippen molar-refractivity contribution in [3.8, 4) is 0 Å². The first-order valence-corrected chi connectivity index (χ1v) is 5.27. The molecule has 92 valence electrons. The molecule has 7 heteroatoms. The third-order valence-corrected chi connectivity index (χ3v) is 2.02. The zero-order chi connectivity index (χ0) is 12.8. The highest BCUT2D eigenvalue weighted by Crippen LogP contribution is 2.11. The van der Waals surface area contributed by atoms with Gasteiger partial charge in [-0.2, -0.15) is 0 Å². The molecule has 0 aromatic carbocycles. The summed E-state index contributed by atoms with van der Waals surface area (Å²) >= 11 is 5.63. The van der Waals surface area contributed by atoms with Crippen molar-refractivity contribution in [2.45, 2.75) is 13.0 Å². The number of nitrogens with one attached hydrogen (secondary N) is 1. The second-order valence-electron chi connectivity index (χ2n) is 3.09. The number of amides is 1. The van der Waals surface area contributed by atoms with Crippen molar-refractivity contribution in [1.82, 2.24) is 4.98 Å². The minimum Gasteiger partial charge on any atom is -0.464 e. The van der Waals surface area contributed by atoms with Crippen LogP contribution in [0, 0.1) is 0 Å². The predicted molar refractivity (Wildman–Crippen MR) is 62.5 cm³/mol. The van der Waals surface area contributed by atoms with E-state index in [0.29, 0.717) is 5.69 Å². The van der Waals surface area contributed by atoms with Crippen molar-refractivity contribution >= 4 is 29.2 Å². The number of pyridine rings is 1. The van der Waals surface area contributed by atoms with Gasteiger partial charge >= 0.3 is 5.97 Å². The van der Waals surface area contributed by atoms with Crippen molar-refractivity contribution in [1.29, 1.82) is 0 Å². The zero-order valence-corrected chi connectivity index (χ0v) is 9.90. The molecule has 0 radical (unpaired) electrons. The molecule has 1 rings (SSSR count). The molecule has 0 saturated carbocycles. The van der Waals surface area contributed by atoms with Crippen molar-refractivity contribution in [2.24, 2.45) is 5.73 Å². The molecule has 3 N–H and O–H groups in total. The zero-order valence-electron chi connectivity index (χ0n) is 9.14. The minimum absolute atomic E-state index is 0.168. The quantitative estimate of drug-likeness (QED) is 0.467. The third-order valence-electron chi connectivity index (χ3n) is 1.82. The minimum atomic E-state index is -1.36. The molecule has 0 bridgehead atoms. The molecule has 1 aromatic rings. The normalized spacial score (nSPS) is 11.7. The van der Waals surface area contributed by atoms with Crippen LogP contribution in [0.15, 0.2) is 18.3 Å². The number of ether oxygens (including phenoxy) is 1. The Bertz CT molecular complexity index is 425. The lowest BCUT2D eigenvalue weighted by Gasteiger charge is -2.11. The Morgan fingerprint density at radius 3 is 2.94 bits per heavy atom. The molecule has 6 nitrogen and oxygen atoms in total. The monoisotopic (exact) mass is 257 g/mol. The van der Waals surface area contributed by atoms with Crippen molar-refractivity contribution in [3.63, 3.8) is 0 Å². The fourth-order valence-electron chi connectivity index (χ4n) is 1.04. The van der Waals surface area contributed by atoms with E-state index in [1.807, 2.05) is 0 Å². The summed E-state index contributed by atoms with van der Waals surface area (Å²) in [4.78, 5) is 26.5. The Balaban J connectivity index is 2.63. The molecular formula is C10H12ClN3O3. The summed E-state index contributed by atoms with van der Waals surface area (Å²) in [5.41, 5.74) is 5.81. The summed E-state index contributed by atoms with van der Waals surface area (Å²) in [7, 11) is 0. The van der Waals surface area contributed by atoms with E-state index in [1.54, 1.807) is 6.92 Å². The van der Waals surface area contributed by atoms with Crippen molar-refractivity contribution < 1.29 is 14.3 Å². The lowest BCUT2D eigenvalue weighted by Crippen LogP contribution is -2.43.